The van der Waals surface area contributed by atoms with Gasteiger partial charge in [-0.05, 0) is 29.7 Å². The third-order valence-corrected chi connectivity index (χ3v) is 2.88. The molecule has 0 bridgehead atoms. The number of hydroxylamine groups is 1. The number of hydrogen-bond donors (Lipinski definition) is 0. The second-order valence-electron chi connectivity index (χ2n) is 4.21. The molecule has 2 rings (SSSR count). The molecule has 0 spiro atoms. The highest BCUT2D eigenvalue weighted by molar-refractivity contribution is 5.72. The highest BCUT2D eigenvalue weighted by atomic mass is 16.7. The fraction of sp³-hybridized carbons (Fsp3) is 0.188. The summed E-state index contributed by atoms with van der Waals surface area (Å²) in [6.45, 7) is 2.45. The van der Waals surface area contributed by atoms with E-state index in [2.05, 4.69) is 6.92 Å². The summed E-state index contributed by atoms with van der Waals surface area (Å²) >= 11 is 0. The van der Waals surface area contributed by atoms with Gasteiger partial charge in [0.15, 0.2) is 0 Å². The standard InChI is InChI=1S/C16H17NO2/c1-2-14-9-6-10-16(11-14)17(13-18)19-12-15-7-4-3-5-8-15/h3-11,13H,2,12H2,1H3. The van der Waals surface area contributed by atoms with Crippen LogP contribution in [0.4, 0.5) is 5.69 Å². The number of carbonyl (C=O) groups excluding carboxylic acids is 1. The molecule has 0 aromatic heterocycles. The molecule has 0 aliphatic heterocycles. The number of carbonyl (C=O) groups is 1. The second kappa shape index (κ2) is 6.71. The zero-order valence-electron chi connectivity index (χ0n) is 11.0. The number of rotatable bonds is 6. The van der Waals surface area contributed by atoms with Gasteiger partial charge < -0.3 is 0 Å². The van der Waals surface area contributed by atoms with Crippen LogP contribution in [0.1, 0.15) is 18.1 Å². The number of benzene rings is 2. The summed E-state index contributed by atoms with van der Waals surface area (Å²) in [7, 11) is 0. The molecule has 0 unspecified atom stereocenters. The molecule has 19 heavy (non-hydrogen) atoms. The van der Waals surface area contributed by atoms with E-state index in [9.17, 15) is 4.79 Å². The van der Waals surface area contributed by atoms with Crippen molar-refractivity contribution in [1.82, 2.24) is 0 Å². The molecule has 0 saturated heterocycles. The molecule has 2 aromatic carbocycles. The molecule has 0 radical (unpaired) electrons. The largest absolute Gasteiger partial charge is 0.276 e. The minimum atomic E-state index is 0.371. The molecule has 0 heterocycles. The number of amides is 1. The van der Waals surface area contributed by atoms with Crippen molar-refractivity contribution in [2.75, 3.05) is 5.06 Å². The Balaban J connectivity index is 2.05. The number of nitrogens with zero attached hydrogens (tertiary/aromatic N) is 1. The van der Waals surface area contributed by atoms with E-state index >= 15 is 0 Å². The maximum Gasteiger partial charge on any atom is 0.238 e. The lowest BCUT2D eigenvalue weighted by Crippen LogP contribution is -2.21. The lowest BCUT2D eigenvalue weighted by molar-refractivity contribution is -0.114. The van der Waals surface area contributed by atoms with Crippen molar-refractivity contribution in [2.24, 2.45) is 0 Å². The average molecular weight is 255 g/mol. The van der Waals surface area contributed by atoms with Crippen molar-refractivity contribution < 1.29 is 9.63 Å². The van der Waals surface area contributed by atoms with Crippen molar-refractivity contribution >= 4 is 12.1 Å². The lowest BCUT2D eigenvalue weighted by Gasteiger charge is -2.17. The van der Waals surface area contributed by atoms with Crippen LogP contribution in [0.3, 0.4) is 0 Å². The lowest BCUT2D eigenvalue weighted by atomic mass is 10.1. The Hall–Kier alpha value is -2.13. The van der Waals surface area contributed by atoms with Crippen LogP contribution < -0.4 is 5.06 Å². The predicted octanol–water partition coefficient (Wildman–Crippen LogP) is 3.34. The van der Waals surface area contributed by atoms with Gasteiger partial charge in [0.25, 0.3) is 0 Å². The Kier molecular flexibility index (Phi) is 4.70. The van der Waals surface area contributed by atoms with E-state index in [0.29, 0.717) is 13.0 Å². The van der Waals surface area contributed by atoms with Gasteiger partial charge in [-0.1, -0.05) is 49.4 Å². The van der Waals surface area contributed by atoms with Crippen LogP contribution in [0.2, 0.25) is 0 Å². The van der Waals surface area contributed by atoms with Gasteiger partial charge in [-0.3, -0.25) is 9.63 Å². The number of aryl methyl sites for hydroxylation is 1. The molecule has 0 saturated carbocycles. The van der Waals surface area contributed by atoms with Crippen LogP contribution >= 0.6 is 0 Å². The molecule has 3 nitrogen and oxygen atoms in total. The van der Waals surface area contributed by atoms with Crippen LogP contribution in [0.15, 0.2) is 54.6 Å². The average Bonchev–Trinajstić information content (AvgIpc) is 2.49. The summed E-state index contributed by atoms with van der Waals surface area (Å²) in [5.41, 5.74) is 2.96. The number of anilines is 1. The highest BCUT2D eigenvalue weighted by Gasteiger charge is 2.06. The van der Waals surface area contributed by atoms with Crippen molar-refractivity contribution in [2.45, 2.75) is 20.0 Å². The molecule has 0 aliphatic carbocycles. The van der Waals surface area contributed by atoms with E-state index in [-0.39, 0.29) is 0 Å². The first kappa shape index (κ1) is 13.3. The van der Waals surface area contributed by atoms with E-state index in [1.165, 1.54) is 10.6 Å². The highest BCUT2D eigenvalue weighted by Crippen LogP contribution is 2.16. The molecule has 0 aliphatic rings. The van der Waals surface area contributed by atoms with Crippen molar-refractivity contribution in [1.29, 1.82) is 0 Å². The third-order valence-electron chi connectivity index (χ3n) is 2.88. The Bertz CT molecular complexity index is 525. The van der Waals surface area contributed by atoms with Crippen molar-refractivity contribution in [3.63, 3.8) is 0 Å². The van der Waals surface area contributed by atoms with Gasteiger partial charge in [0.2, 0.25) is 6.41 Å². The van der Waals surface area contributed by atoms with Crippen LogP contribution in [0.5, 0.6) is 0 Å². The molecule has 0 fully saturated rings. The van der Waals surface area contributed by atoms with Crippen molar-refractivity contribution in [3.8, 4) is 0 Å². The zero-order valence-corrected chi connectivity index (χ0v) is 11.0. The van der Waals surface area contributed by atoms with E-state index in [4.69, 9.17) is 4.84 Å². The summed E-state index contributed by atoms with van der Waals surface area (Å²) < 4.78 is 0. The van der Waals surface area contributed by atoms with E-state index in [1.54, 1.807) is 0 Å². The second-order valence-corrected chi connectivity index (χ2v) is 4.21. The van der Waals surface area contributed by atoms with Crippen LogP contribution in [0.25, 0.3) is 0 Å². The van der Waals surface area contributed by atoms with Gasteiger partial charge in [0.1, 0.15) is 6.61 Å². The summed E-state index contributed by atoms with van der Waals surface area (Å²) in [5, 5.41) is 1.27. The van der Waals surface area contributed by atoms with Gasteiger partial charge in [-0.15, -0.1) is 0 Å². The molecule has 98 valence electrons. The number of hydrogen-bond acceptors (Lipinski definition) is 2. The van der Waals surface area contributed by atoms with E-state index in [1.807, 2.05) is 54.6 Å². The summed E-state index contributed by atoms with van der Waals surface area (Å²) in [4.78, 5) is 16.7. The first-order chi connectivity index (χ1) is 9.33. The van der Waals surface area contributed by atoms with E-state index in [0.717, 1.165) is 17.7 Å². The Morgan fingerprint density at radius 1 is 1.05 bits per heavy atom. The van der Waals surface area contributed by atoms with Gasteiger partial charge >= 0.3 is 0 Å². The fourth-order valence-corrected chi connectivity index (χ4v) is 1.80. The first-order valence-corrected chi connectivity index (χ1v) is 6.34. The predicted molar refractivity (Wildman–Crippen MR) is 75.6 cm³/mol. The maximum absolute atomic E-state index is 11.1. The quantitative estimate of drug-likeness (QED) is 0.585. The first-order valence-electron chi connectivity index (χ1n) is 6.34. The molecule has 3 heteroatoms. The van der Waals surface area contributed by atoms with Crippen molar-refractivity contribution in [3.05, 3.63) is 65.7 Å². The molecule has 2 aromatic rings. The SMILES string of the molecule is CCc1cccc(N(C=O)OCc2ccccc2)c1. The van der Waals surface area contributed by atoms with Gasteiger partial charge in [-0.2, -0.15) is 5.06 Å². The zero-order chi connectivity index (χ0) is 13.5. The Morgan fingerprint density at radius 2 is 1.79 bits per heavy atom. The van der Waals surface area contributed by atoms with Crippen LogP contribution in [0, 0.1) is 0 Å². The third kappa shape index (κ3) is 3.66. The monoisotopic (exact) mass is 255 g/mol. The molecule has 0 N–H and O–H groups in total. The summed E-state index contributed by atoms with van der Waals surface area (Å²) in [6.07, 6.45) is 1.62. The van der Waals surface area contributed by atoms with Gasteiger partial charge in [-0.25, -0.2) is 0 Å². The smallest absolute Gasteiger partial charge is 0.238 e. The molecule has 1 amide bonds. The Labute approximate surface area is 113 Å². The summed E-state index contributed by atoms with van der Waals surface area (Å²) in [6, 6.07) is 17.5. The summed E-state index contributed by atoms with van der Waals surface area (Å²) in [5.74, 6) is 0. The topological polar surface area (TPSA) is 29.5 Å². The van der Waals surface area contributed by atoms with E-state index < -0.39 is 0 Å². The molecule has 0 atom stereocenters. The normalized spacial score (nSPS) is 10.2. The minimum Gasteiger partial charge on any atom is -0.276 e. The minimum absolute atomic E-state index is 0.371. The molecular formula is C16H17NO2. The molecular weight excluding hydrogens is 238 g/mol. The van der Waals surface area contributed by atoms with Gasteiger partial charge in [0.05, 0.1) is 5.69 Å². The Morgan fingerprint density at radius 3 is 2.47 bits per heavy atom. The maximum atomic E-state index is 11.1. The van der Waals surface area contributed by atoms with Crippen LogP contribution in [-0.4, -0.2) is 6.41 Å². The van der Waals surface area contributed by atoms with Gasteiger partial charge in [0, 0.05) is 0 Å². The van der Waals surface area contributed by atoms with Crippen LogP contribution in [-0.2, 0) is 22.7 Å². The fourth-order valence-electron chi connectivity index (χ4n) is 1.80.